The third-order valence-electron chi connectivity index (χ3n) is 4.87. The van der Waals surface area contributed by atoms with Gasteiger partial charge in [0.1, 0.15) is 0 Å². The number of carbonyl (C=O) groups excluding carboxylic acids is 1. The molecular weight excluding hydrogens is 354 g/mol. The zero-order valence-corrected chi connectivity index (χ0v) is 17.1. The van der Waals surface area contributed by atoms with Gasteiger partial charge in [0.15, 0.2) is 5.13 Å². The summed E-state index contributed by atoms with van der Waals surface area (Å²) in [5, 5.41) is 0.799. The summed E-state index contributed by atoms with van der Waals surface area (Å²) >= 11 is 1.60. The number of aromatic nitrogens is 1. The van der Waals surface area contributed by atoms with Crippen molar-refractivity contribution in [2.45, 2.75) is 27.2 Å². The molecule has 0 saturated carbocycles. The number of thiazole rings is 1. The highest BCUT2D eigenvalue weighted by atomic mass is 32.1. The van der Waals surface area contributed by atoms with Crippen LogP contribution in [0.15, 0.2) is 48.5 Å². The van der Waals surface area contributed by atoms with E-state index in [4.69, 9.17) is 4.98 Å². The second-order valence-corrected chi connectivity index (χ2v) is 7.66. The molecule has 3 aromatic rings. The van der Waals surface area contributed by atoms with Gasteiger partial charge in [-0.2, -0.15) is 0 Å². The summed E-state index contributed by atoms with van der Waals surface area (Å²) in [7, 11) is 0. The third kappa shape index (κ3) is 4.73. The van der Waals surface area contributed by atoms with Crippen LogP contribution in [0, 0.1) is 6.92 Å². The first-order valence-corrected chi connectivity index (χ1v) is 10.4. The number of benzene rings is 2. The Morgan fingerprint density at radius 1 is 1.00 bits per heavy atom. The summed E-state index contributed by atoms with van der Waals surface area (Å²) in [6, 6.07) is 16.1. The van der Waals surface area contributed by atoms with Crippen LogP contribution >= 0.6 is 11.3 Å². The maximum Gasteiger partial charge on any atom is 0.233 e. The lowest BCUT2D eigenvalue weighted by Crippen LogP contribution is -2.39. The van der Waals surface area contributed by atoms with Gasteiger partial charge >= 0.3 is 0 Å². The molecule has 1 heterocycles. The molecule has 27 heavy (non-hydrogen) atoms. The first kappa shape index (κ1) is 19.5. The molecule has 0 radical (unpaired) electrons. The fourth-order valence-electron chi connectivity index (χ4n) is 3.16. The Kier molecular flexibility index (Phi) is 6.58. The molecule has 1 amide bonds. The molecule has 0 N–H and O–H groups in total. The van der Waals surface area contributed by atoms with Crippen LogP contribution in [-0.2, 0) is 11.2 Å². The molecule has 5 heteroatoms. The number of carbonyl (C=O) groups is 1. The summed E-state index contributed by atoms with van der Waals surface area (Å²) in [5.74, 6) is 0.102. The van der Waals surface area contributed by atoms with Gasteiger partial charge in [0.2, 0.25) is 5.91 Å². The minimum absolute atomic E-state index is 0.102. The van der Waals surface area contributed by atoms with Gasteiger partial charge in [0.05, 0.1) is 16.6 Å². The van der Waals surface area contributed by atoms with Gasteiger partial charge < -0.3 is 4.90 Å². The Morgan fingerprint density at radius 2 is 1.74 bits per heavy atom. The molecule has 0 aliphatic heterocycles. The van der Waals surface area contributed by atoms with Crippen LogP contribution in [0.5, 0.6) is 0 Å². The molecule has 0 aliphatic carbocycles. The van der Waals surface area contributed by atoms with E-state index in [9.17, 15) is 4.79 Å². The Bertz CT molecular complexity index is 887. The van der Waals surface area contributed by atoms with Crippen molar-refractivity contribution in [2.75, 3.05) is 31.1 Å². The van der Waals surface area contributed by atoms with E-state index in [0.29, 0.717) is 13.0 Å². The molecule has 0 atom stereocenters. The topological polar surface area (TPSA) is 36.4 Å². The summed E-state index contributed by atoms with van der Waals surface area (Å²) in [5.41, 5.74) is 3.18. The second kappa shape index (κ2) is 9.11. The van der Waals surface area contributed by atoms with E-state index in [1.165, 1.54) is 0 Å². The molecule has 0 unspecified atom stereocenters. The van der Waals surface area contributed by atoms with Crippen LogP contribution in [0.4, 0.5) is 5.13 Å². The number of hydrogen-bond acceptors (Lipinski definition) is 4. The molecule has 0 spiro atoms. The Morgan fingerprint density at radius 3 is 2.41 bits per heavy atom. The van der Waals surface area contributed by atoms with Crippen molar-refractivity contribution in [2.24, 2.45) is 0 Å². The molecule has 1 aromatic heterocycles. The van der Waals surface area contributed by atoms with Crippen molar-refractivity contribution in [3.8, 4) is 0 Å². The molecule has 2 aromatic carbocycles. The predicted octanol–water partition coefficient (Wildman–Crippen LogP) is 4.52. The zero-order valence-electron chi connectivity index (χ0n) is 16.3. The number of fused-ring (bicyclic) bond motifs is 1. The Hall–Kier alpha value is -2.24. The van der Waals surface area contributed by atoms with Crippen molar-refractivity contribution in [3.63, 3.8) is 0 Å². The Balaban J connectivity index is 1.88. The molecule has 142 valence electrons. The van der Waals surface area contributed by atoms with Crippen molar-refractivity contribution in [3.05, 3.63) is 59.7 Å². The SMILES string of the molecule is CCN(CC)CCN(C(=O)Cc1ccccc1)c1nc2c(C)cccc2s1. The fourth-order valence-corrected chi connectivity index (χ4v) is 4.25. The number of likely N-dealkylation sites (N-methyl/N-ethyl adjacent to an activating group) is 1. The average molecular weight is 382 g/mol. The van der Waals surface area contributed by atoms with Crippen molar-refractivity contribution in [1.29, 1.82) is 0 Å². The molecule has 0 bridgehead atoms. The monoisotopic (exact) mass is 381 g/mol. The van der Waals surface area contributed by atoms with Crippen LogP contribution in [0.25, 0.3) is 10.2 Å². The number of rotatable bonds is 8. The lowest BCUT2D eigenvalue weighted by Gasteiger charge is -2.24. The quantitative estimate of drug-likeness (QED) is 0.575. The number of nitrogens with zero attached hydrogens (tertiary/aromatic N) is 3. The maximum absolute atomic E-state index is 13.1. The smallest absolute Gasteiger partial charge is 0.233 e. The van der Waals surface area contributed by atoms with E-state index in [1.807, 2.05) is 41.3 Å². The average Bonchev–Trinajstić information content (AvgIpc) is 3.11. The van der Waals surface area contributed by atoms with Crippen LogP contribution < -0.4 is 4.90 Å². The first-order chi connectivity index (χ1) is 13.1. The molecule has 4 nitrogen and oxygen atoms in total. The van der Waals surface area contributed by atoms with Crippen LogP contribution in [0.2, 0.25) is 0 Å². The summed E-state index contributed by atoms with van der Waals surface area (Å²) in [4.78, 5) is 22.2. The number of para-hydroxylation sites is 1. The van der Waals surface area contributed by atoms with Crippen molar-refractivity contribution in [1.82, 2.24) is 9.88 Å². The third-order valence-corrected chi connectivity index (χ3v) is 5.92. The predicted molar refractivity (Wildman–Crippen MR) is 115 cm³/mol. The highest BCUT2D eigenvalue weighted by molar-refractivity contribution is 7.22. The van der Waals surface area contributed by atoms with E-state index >= 15 is 0 Å². The lowest BCUT2D eigenvalue weighted by atomic mass is 10.1. The van der Waals surface area contributed by atoms with E-state index in [-0.39, 0.29) is 5.91 Å². The van der Waals surface area contributed by atoms with Gasteiger partial charge in [0.25, 0.3) is 0 Å². The largest absolute Gasteiger partial charge is 0.302 e. The van der Waals surface area contributed by atoms with Gasteiger partial charge in [-0.1, -0.05) is 67.6 Å². The lowest BCUT2D eigenvalue weighted by molar-refractivity contribution is -0.118. The molecule has 0 fully saturated rings. The molecule has 3 rings (SSSR count). The minimum Gasteiger partial charge on any atom is -0.302 e. The van der Waals surface area contributed by atoms with Gasteiger partial charge in [-0.3, -0.25) is 9.69 Å². The van der Waals surface area contributed by atoms with E-state index in [2.05, 4.69) is 37.8 Å². The zero-order chi connectivity index (χ0) is 19.2. The second-order valence-electron chi connectivity index (χ2n) is 6.65. The Labute approximate surface area is 165 Å². The van der Waals surface area contributed by atoms with E-state index in [0.717, 1.165) is 46.1 Å². The van der Waals surface area contributed by atoms with E-state index in [1.54, 1.807) is 11.3 Å². The van der Waals surface area contributed by atoms with Crippen molar-refractivity contribution < 1.29 is 4.79 Å². The van der Waals surface area contributed by atoms with Gasteiger partial charge in [-0.05, 0) is 37.2 Å². The van der Waals surface area contributed by atoms with Gasteiger partial charge in [-0.15, -0.1) is 0 Å². The highest BCUT2D eigenvalue weighted by Gasteiger charge is 2.21. The van der Waals surface area contributed by atoms with Crippen LogP contribution in [0.1, 0.15) is 25.0 Å². The van der Waals surface area contributed by atoms with Crippen LogP contribution in [-0.4, -0.2) is 42.0 Å². The summed E-state index contributed by atoms with van der Waals surface area (Å²) < 4.78 is 1.13. The van der Waals surface area contributed by atoms with E-state index < -0.39 is 0 Å². The minimum atomic E-state index is 0.102. The number of amides is 1. The molecular formula is C22H27N3OS. The standard InChI is InChI=1S/C22H27N3OS/c1-4-24(5-2)14-15-25(20(26)16-18-11-7-6-8-12-18)22-23-21-17(3)10-9-13-19(21)27-22/h6-13H,4-5,14-16H2,1-3H3. The first-order valence-electron chi connectivity index (χ1n) is 9.55. The van der Waals surface area contributed by atoms with Crippen LogP contribution in [0.3, 0.4) is 0 Å². The fraction of sp³-hybridized carbons (Fsp3) is 0.364. The summed E-state index contributed by atoms with van der Waals surface area (Å²) in [6.45, 7) is 9.85. The number of anilines is 1. The summed E-state index contributed by atoms with van der Waals surface area (Å²) in [6.07, 6.45) is 0.397. The molecule has 0 aliphatic rings. The number of aryl methyl sites for hydroxylation is 1. The van der Waals surface area contributed by atoms with Crippen molar-refractivity contribution >= 4 is 32.6 Å². The normalized spacial score (nSPS) is 11.3. The highest BCUT2D eigenvalue weighted by Crippen LogP contribution is 2.31. The molecule has 0 saturated heterocycles. The van der Waals surface area contributed by atoms with Gasteiger partial charge in [-0.25, -0.2) is 4.98 Å². The number of hydrogen-bond donors (Lipinski definition) is 0. The van der Waals surface area contributed by atoms with Gasteiger partial charge in [0, 0.05) is 13.1 Å². The maximum atomic E-state index is 13.1.